The summed E-state index contributed by atoms with van der Waals surface area (Å²) in [7, 11) is 4.52. The zero-order valence-corrected chi connectivity index (χ0v) is 23.8. The topological polar surface area (TPSA) is 109 Å². The number of phenols is 1. The monoisotopic (exact) mass is 636 g/mol. The van der Waals surface area contributed by atoms with Crippen LogP contribution in [0.1, 0.15) is 31.0 Å². The third-order valence-electron chi connectivity index (χ3n) is 5.82. The van der Waals surface area contributed by atoms with Crippen LogP contribution < -0.4 is 29.1 Å². The smallest absolute Gasteiger partial charge is 0.338 e. The zero-order chi connectivity index (χ0) is 26.9. The van der Waals surface area contributed by atoms with Crippen LogP contribution in [0.25, 0.3) is 6.08 Å². The van der Waals surface area contributed by atoms with Gasteiger partial charge < -0.3 is 24.1 Å². The predicted molar refractivity (Wildman–Crippen MR) is 147 cm³/mol. The molecule has 9 nitrogen and oxygen atoms in total. The third-order valence-corrected chi connectivity index (χ3v) is 7.62. The Labute approximate surface area is 230 Å². The number of allylic oxidation sites excluding steroid dienone is 1. The fourth-order valence-corrected chi connectivity index (χ4v) is 5.79. The molecule has 0 amide bonds. The molecule has 0 saturated heterocycles. The van der Waals surface area contributed by atoms with E-state index in [9.17, 15) is 14.7 Å². The summed E-state index contributed by atoms with van der Waals surface area (Å²) in [6.07, 6.45) is 1.71. The summed E-state index contributed by atoms with van der Waals surface area (Å²) in [4.78, 5) is 32.0. The molecule has 0 saturated carbocycles. The molecule has 0 spiro atoms. The van der Waals surface area contributed by atoms with Crippen molar-refractivity contribution in [3.63, 3.8) is 0 Å². The number of thiazole rings is 1. The number of esters is 1. The Balaban J connectivity index is 2.01. The highest BCUT2D eigenvalue weighted by molar-refractivity contribution is 14.1. The molecular formula is C26H25IN2O7S. The number of hydrogen-bond donors (Lipinski definition) is 1. The molecule has 1 aliphatic rings. The first kappa shape index (κ1) is 26.7. The molecule has 0 aliphatic carbocycles. The van der Waals surface area contributed by atoms with Crippen molar-refractivity contribution in [2.75, 3.05) is 27.9 Å². The van der Waals surface area contributed by atoms with Crippen LogP contribution in [0.2, 0.25) is 0 Å². The van der Waals surface area contributed by atoms with Gasteiger partial charge >= 0.3 is 5.97 Å². The van der Waals surface area contributed by atoms with E-state index >= 15 is 0 Å². The van der Waals surface area contributed by atoms with E-state index < -0.39 is 12.0 Å². The van der Waals surface area contributed by atoms with E-state index in [0.29, 0.717) is 47.0 Å². The molecule has 2 heterocycles. The first-order valence-corrected chi connectivity index (χ1v) is 13.1. The number of carbonyl (C=O) groups is 1. The molecule has 11 heteroatoms. The van der Waals surface area contributed by atoms with E-state index in [0.717, 1.165) is 0 Å². The van der Waals surface area contributed by atoms with E-state index in [4.69, 9.17) is 18.9 Å². The standard InChI is InChI=1S/C26H25IN2O7S/c1-6-36-25(32)21-13(2)28-26-29(22(21)16-12-15(33-3)7-8-18(16)34-4)24(31)20(37-26)11-14-9-17(27)23(30)19(10-14)35-5/h7-12,22,30H,6H2,1-5H3/b20-11-. The minimum absolute atomic E-state index is 0.0292. The number of fused-ring (bicyclic) bond motifs is 1. The van der Waals surface area contributed by atoms with Crippen molar-refractivity contribution in [3.8, 4) is 23.0 Å². The molecule has 1 N–H and O–H groups in total. The van der Waals surface area contributed by atoms with Crippen molar-refractivity contribution in [2.24, 2.45) is 4.99 Å². The molecule has 0 radical (unpaired) electrons. The zero-order valence-electron chi connectivity index (χ0n) is 20.8. The lowest BCUT2D eigenvalue weighted by molar-refractivity contribution is -0.139. The van der Waals surface area contributed by atoms with Crippen molar-refractivity contribution >= 4 is 46.0 Å². The minimum atomic E-state index is -0.850. The Morgan fingerprint density at radius 3 is 2.54 bits per heavy atom. The number of halogens is 1. The first-order chi connectivity index (χ1) is 17.7. The highest BCUT2D eigenvalue weighted by Gasteiger charge is 2.35. The summed E-state index contributed by atoms with van der Waals surface area (Å²) in [5, 5.41) is 10.2. The second kappa shape index (κ2) is 11.0. The van der Waals surface area contributed by atoms with Gasteiger partial charge in [0.05, 0.1) is 47.3 Å². The van der Waals surface area contributed by atoms with Crippen LogP contribution in [0.15, 0.2) is 51.4 Å². The van der Waals surface area contributed by atoms with E-state index in [2.05, 4.69) is 4.99 Å². The van der Waals surface area contributed by atoms with Crippen LogP contribution in [0.5, 0.6) is 23.0 Å². The first-order valence-electron chi connectivity index (χ1n) is 11.2. The molecule has 0 fully saturated rings. The lowest BCUT2D eigenvalue weighted by atomic mass is 9.94. The van der Waals surface area contributed by atoms with Gasteiger partial charge in [0.2, 0.25) is 0 Å². The summed E-state index contributed by atoms with van der Waals surface area (Å²) in [5.41, 5.74) is 1.58. The second-order valence-corrected chi connectivity index (χ2v) is 10.1. The van der Waals surface area contributed by atoms with Gasteiger partial charge in [-0.3, -0.25) is 9.36 Å². The van der Waals surface area contributed by atoms with Crippen molar-refractivity contribution in [2.45, 2.75) is 19.9 Å². The Morgan fingerprint density at radius 2 is 1.89 bits per heavy atom. The van der Waals surface area contributed by atoms with Gasteiger partial charge in [-0.15, -0.1) is 0 Å². The number of carbonyl (C=O) groups excluding carboxylic acids is 1. The lowest BCUT2D eigenvalue weighted by Gasteiger charge is -2.26. The molecule has 1 aliphatic heterocycles. The molecule has 2 aromatic carbocycles. The summed E-state index contributed by atoms with van der Waals surface area (Å²) < 4.78 is 24.1. The van der Waals surface area contributed by atoms with Gasteiger partial charge in [-0.05, 0) is 78.4 Å². The SMILES string of the molecule is CCOC(=O)C1=C(C)N=c2s/c(=C\c3cc(I)c(O)c(OC)c3)c(=O)n2C1c1cc(OC)ccc1OC. The quantitative estimate of drug-likeness (QED) is 0.314. The van der Waals surface area contributed by atoms with Gasteiger partial charge in [0.15, 0.2) is 16.3 Å². The van der Waals surface area contributed by atoms with E-state index in [1.54, 1.807) is 50.3 Å². The maximum Gasteiger partial charge on any atom is 0.338 e. The molecule has 37 heavy (non-hydrogen) atoms. The highest BCUT2D eigenvalue weighted by atomic mass is 127. The lowest BCUT2D eigenvalue weighted by Crippen LogP contribution is -2.40. The molecule has 194 valence electrons. The number of rotatable bonds is 7. The maximum absolute atomic E-state index is 13.8. The largest absolute Gasteiger partial charge is 0.504 e. The number of aromatic hydroxyl groups is 1. The number of phenolic OH excluding ortho intramolecular Hbond substituents is 1. The van der Waals surface area contributed by atoms with E-state index in [1.807, 2.05) is 22.6 Å². The molecule has 4 rings (SSSR count). The summed E-state index contributed by atoms with van der Waals surface area (Å²) in [6.45, 7) is 3.61. The summed E-state index contributed by atoms with van der Waals surface area (Å²) >= 11 is 3.20. The van der Waals surface area contributed by atoms with Crippen molar-refractivity contribution in [3.05, 3.63) is 76.0 Å². The molecule has 0 bridgehead atoms. The molecule has 1 unspecified atom stereocenters. The predicted octanol–water partition coefficient (Wildman–Crippen LogP) is 3.13. The van der Waals surface area contributed by atoms with Crippen molar-refractivity contribution in [1.82, 2.24) is 4.57 Å². The summed E-state index contributed by atoms with van der Waals surface area (Å²) in [6, 6.07) is 7.75. The van der Waals surface area contributed by atoms with Gasteiger partial charge in [0.25, 0.3) is 5.56 Å². The van der Waals surface area contributed by atoms with E-state index in [1.165, 1.54) is 37.2 Å². The Morgan fingerprint density at radius 1 is 1.16 bits per heavy atom. The molecule has 3 aromatic rings. The highest BCUT2D eigenvalue weighted by Crippen LogP contribution is 2.38. The van der Waals surface area contributed by atoms with Gasteiger partial charge in [-0.25, -0.2) is 9.79 Å². The van der Waals surface area contributed by atoms with Gasteiger partial charge in [-0.1, -0.05) is 11.3 Å². The second-order valence-electron chi connectivity index (χ2n) is 7.96. The number of aromatic nitrogens is 1. The van der Waals surface area contributed by atoms with Crippen molar-refractivity contribution < 1.29 is 28.8 Å². The Kier molecular flexibility index (Phi) is 7.93. The van der Waals surface area contributed by atoms with Crippen molar-refractivity contribution in [1.29, 1.82) is 0 Å². The van der Waals surface area contributed by atoms with Gasteiger partial charge in [0.1, 0.15) is 17.5 Å². The van der Waals surface area contributed by atoms with Gasteiger partial charge in [0, 0.05) is 5.56 Å². The van der Waals surface area contributed by atoms with Crippen LogP contribution in [0.4, 0.5) is 0 Å². The van der Waals surface area contributed by atoms with Gasteiger partial charge in [-0.2, -0.15) is 0 Å². The van der Waals surface area contributed by atoms with Crippen LogP contribution >= 0.6 is 33.9 Å². The number of benzene rings is 2. The van der Waals surface area contributed by atoms with Crippen LogP contribution in [0, 0.1) is 3.57 Å². The normalized spacial score (nSPS) is 15.2. The third kappa shape index (κ3) is 4.97. The van der Waals surface area contributed by atoms with Crippen LogP contribution in [-0.4, -0.2) is 43.6 Å². The molecular weight excluding hydrogens is 611 g/mol. The van der Waals surface area contributed by atoms with E-state index in [-0.39, 0.29) is 23.5 Å². The van der Waals surface area contributed by atoms with Crippen LogP contribution in [0.3, 0.4) is 0 Å². The Hall–Kier alpha value is -3.32. The number of hydrogen-bond acceptors (Lipinski definition) is 9. The van der Waals surface area contributed by atoms with Crippen LogP contribution in [-0.2, 0) is 9.53 Å². The average Bonchev–Trinajstić information content (AvgIpc) is 3.18. The molecule has 1 aromatic heterocycles. The fourth-order valence-electron chi connectivity index (χ4n) is 4.12. The number of nitrogens with zero attached hydrogens (tertiary/aromatic N) is 2. The Bertz CT molecular complexity index is 1590. The maximum atomic E-state index is 13.8. The molecule has 1 atom stereocenters. The number of ether oxygens (including phenoxy) is 4. The number of methoxy groups -OCH3 is 3. The minimum Gasteiger partial charge on any atom is -0.504 e. The average molecular weight is 636 g/mol. The summed E-state index contributed by atoms with van der Waals surface area (Å²) in [5.74, 6) is 0.786. The fraction of sp³-hybridized carbons (Fsp3) is 0.269.